The van der Waals surface area contributed by atoms with Crippen LogP contribution in [0.25, 0.3) is 0 Å². The number of nitrogens with one attached hydrogen (secondary N) is 1. The molecule has 0 saturated heterocycles. The van der Waals surface area contributed by atoms with Crippen LogP contribution in [0.4, 0.5) is 0 Å². The third kappa shape index (κ3) is 5.11. The maximum absolute atomic E-state index is 11.7. The highest BCUT2D eigenvalue weighted by Gasteiger charge is 2.03. The summed E-state index contributed by atoms with van der Waals surface area (Å²) >= 11 is 5.78. The van der Waals surface area contributed by atoms with E-state index in [-0.39, 0.29) is 12.5 Å². The van der Waals surface area contributed by atoms with Gasteiger partial charge in [0, 0.05) is 10.6 Å². The fraction of sp³-hybridized carbons (Fsp3) is 0.222. The number of ether oxygens (including phenoxy) is 1. The maximum atomic E-state index is 11.7. The van der Waals surface area contributed by atoms with Gasteiger partial charge in [-0.1, -0.05) is 29.3 Å². The Hall–Kier alpha value is -2.33. The molecule has 120 valence electrons. The van der Waals surface area contributed by atoms with E-state index in [0.717, 1.165) is 16.7 Å². The first-order valence-electron chi connectivity index (χ1n) is 7.24. The van der Waals surface area contributed by atoms with E-state index in [1.54, 1.807) is 30.5 Å². The van der Waals surface area contributed by atoms with Crippen molar-refractivity contribution in [1.82, 2.24) is 5.43 Å². The topological polar surface area (TPSA) is 50.7 Å². The van der Waals surface area contributed by atoms with Gasteiger partial charge in [-0.3, -0.25) is 4.79 Å². The summed E-state index contributed by atoms with van der Waals surface area (Å²) in [6, 6.07) is 11.0. The van der Waals surface area contributed by atoms with Crippen LogP contribution in [0, 0.1) is 20.8 Å². The predicted octanol–water partition coefficient (Wildman–Crippen LogP) is 3.79. The van der Waals surface area contributed by atoms with Crippen LogP contribution in [0.1, 0.15) is 22.3 Å². The average Bonchev–Trinajstić information content (AvgIpc) is 2.49. The second-order valence-corrected chi connectivity index (χ2v) is 5.78. The van der Waals surface area contributed by atoms with Crippen molar-refractivity contribution in [2.75, 3.05) is 6.61 Å². The van der Waals surface area contributed by atoms with Crippen LogP contribution in [0.5, 0.6) is 5.75 Å². The second-order valence-electron chi connectivity index (χ2n) is 5.35. The fourth-order valence-electron chi connectivity index (χ4n) is 2.28. The molecule has 4 nitrogen and oxygen atoms in total. The van der Waals surface area contributed by atoms with Gasteiger partial charge in [0.05, 0.1) is 6.21 Å². The Morgan fingerprint density at radius 2 is 1.78 bits per heavy atom. The smallest absolute Gasteiger partial charge is 0.277 e. The van der Waals surface area contributed by atoms with E-state index in [9.17, 15) is 4.79 Å². The van der Waals surface area contributed by atoms with E-state index < -0.39 is 0 Å². The number of benzene rings is 2. The van der Waals surface area contributed by atoms with Crippen molar-refractivity contribution in [3.05, 3.63) is 63.7 Å². The molecule has 1 amide bonds. The summed E-state index contributed by atoms with van der Waals surface area (Å²) in [5, 5.41) is 4.61. The van der Waals surface area contributed by atoms with E-state index >= 15 is 0 Å². The Balaban J connectivity index is 1.88. The molecule has 5 heteroatoms. The molecule has 0 radical (unpaired) electrons. The number of halogens is 1. The molecule has 0 unspecified atom stereocenters. The Bertz CT molecular complexity index is 701. The molecule has 23 heavy (non-hydrogen) atoms. The summed E-state index contributed by atoms with van der Waals surface area (Å²) < 4.78 is 5.34. The summed E-state index contributed by atoms with van der Waals surface area (Å²) in [6.45, 7) is 5.99. The fourth-order valence-corrected chi connectivity index (χ4v) is 2.40. The zero-order valence-electron chi connectivity index (χ0n) is 13.4. The molecule has 0 aliphatic heterocycles. The highest BCUT2D eigenvalue weighted by Crippen LogP contribution is 2.15. The van der Waals surface area contributed by atoms with E-state index in [1.165, 1.54) is 5.56 Å². The maximum Gasteiger partial charge on any atom is 0.277 e. The zero-order chi connectivity index (χ0) is 16.8. The Kier molecular flexibility index (Phi) is 5.77. The first kappa shape index (κ1) is 17.0. The largest absolute Gasteiger partial charge is 0.484 e. The Morgan fingerprint density at radius 1 is 1.17 bits per heavy atom. The van der Waals surface area contributed by atoms with Crippen molar-refractivity contribution in [1.29, 1.82) is 0 Å². The van der Waals surface area contributed by atoms with E-state index in [2.05, 4.69) is 29.6 Å². The molecule has 0 fully saturated rings. The number of nitrogens with zero attached hydrogens (tertiary/aromatic N) is 1. The lowest BCUT2D eigenvalue weighted by molar-refractivity contribution is -0.123. The number of hydrogen-bond acceptors (Lipinski definition) is 3. The van der Waals surface area contributed by atoms with Crippen LogP contribution in [0.2, 0.25) is 5.02 Å². The number of aryl methyl sites for hydroxylation is 3. The predicted molar refractivity (Wildman–Crippen MR) is 93.3 cm³/mol. The summed E-state index contributed by atoms with van der Waals surface area (Å²) in [6.07, 6.45) is 1.66. The quantitative estimate of drug-likeness (QED) is 0.669. The molecular formula is C18H19ClN2O2. The summed E-state index contributed by atoms with van der Waals surface area (Å²) in [7, 11) is 0. The Morgan fingerprint density at radius 3 is 2.39 bits per heavy atom. The summed E-state index contributed by atoms with van der Waals surface area (Å²) in [5.41, 5.74) is 6.92. The molecular weight excluding hydrogens is 312 g/mol. The van der Waals surface area contributed by atoms with E-state index in [1.807, 2.05) is 13.8 Å². The number of rotatable bonds is 5. The zero-order valence-corrected chi connectivity index (χ0v) is 14.1. The first-order valence-corrected chi connectivity index (χ1v) is 7.61. The molecule has 0 saturated carbocycles. The Labute approximate surface area is 141 Å². The molecule has 2 aromatic carbocycles. The molecule has 1 N–H and O–H groups in total. The standard InChI is InChI=1S/C18H19ClN2O2/c1-12-8-13(2)17(14(3)9-12)10-20-21-18(22)11-23-16-6-4-15(19)5-7-16/h4-10H,11H2,1-3H3,(H,21,22). The van der Waals surface area contributed by atoms with Crippen LogP contribution >= 0.6 is 11.6 Å². The van der Waals surface area contributed by atoms with E-state index in [4.69, 9.17) is 16.3 Å². The van der Waals surface area contributed by atoms with Gasteiger partial charge < -0.3 is 4.74 Å². The van der Waals surface area contributed by atoms with Gasteiger partial charge in [-0.2, -0.15) is 5.10 Å². The van der Waals surface area contributed by atoms with Gasteiger partial charge in [0.25, 0.3) is 5.91 Å². The van der Waals surface area contributed by atoms with Crippen molar-refractivity contribution >= 4 is 23.7 Å². The van der Waals surface area contributed by atoms with Crippen molar-refractivity contribution < 1.29 is 9.53 Å². The van der Waals surface area contributed by atoms with Crippen LogP contribution in [-0.2, 0) is 4.79 Å². The molecule has 2 rings (SSSR count). The number of carbonyl (C=O) groups is 1. The molecule has 0 heterocycles. The highest BCUT2D eigenvalue weighted by molar-refractivity contribution is 6.30. The highest BCUT2D eigenvalue weighted by atomic mass is 35.5. The van der Waals surface area contributed by atoms with Gasteiger partial charge in [-0.25, -0.2) is 5.43 Å². The lowest BCUT2D eigenvalue weighted by atomic mass is 10.0. The van der Waals surface area contributed by atoms with Crippen LogP contribution in [0.3, 0.4) is 0 Å². The van der Waals surface area contributed by atoms with Crippen molar-refractivity contribution in [2.45, 2.75) is 20.8 Å². The number of hydrazone groups is 1. The molecule has 0 aliphatic carbocycles. The van der Waals surface area contributed by atoms with Gasteiger partial charge >= 0.3 is 0 Å². The number of carbonyl (C=O) groups excluding carboxylic acids is 1. The summed E-state index contributed by atoms with van der Waals surface area (Å²) in [4.78, 5) is 11.7. The molecule has 0 atom stereocenters. The van der Waals surface area contributed by atoms with Crippen molar-refractivity contribution in [3.63, 3.8) is 0 Å². The van der Waals surface area contributed by atoms with Gasteiger partial charge in [0.1, 0.15) is 5.75 Å². The number of amides is 1. The molecule has 2 aromatic rings. The SMILES string of the molecule is Cc1cc(C)c(C=NNC(=O)COc2ccc(Cl)cc2)c(C)c1. The van der Waals surface area contributed by atoms with Gasteiger partial charge in [0.2, 0.25) is 0 Å². The van der Waals surface area contributed by atoms with Crippen LogP contribution < -0.4 is 10.2 Å². The van der Waals surface area contributed by atoms with Crippen LogP contribution in [-0.4, -0.2) is 18.7 Å². The average molecular weight is 331 g/mol. The van der Waals surface area contributed by atoms with Crippen molar-refractivity contribution in [2.24, 2.45) is 5.10 Å². The van der Waals surface area contributed by atoms with Gasteiger partial charge in [-0.05, 0) is 56.2 Å². The molecule has 0 bridgehead atoms. The molecule has 0 aliphatic rings. The minimum Gasteiger partial charge on any atom is -0.484 e. The lowest BCUT2D eigenvalue weighted by Crippen LogP contribution is -2.24. The third-order valence-corrected chi connectivity index (χ3v) is 3.56. The number of hydrogen-bond donors (Lipinski definition) is 1. The lowest BCUT2D eigenvalue weighted by Gasteiger charge is -2.07. The van der Waals surface area contributed by atoms with E-state index in [0.29, 0.717) is 10.8 Å². The van der Waals surface area contributed by atoms with Gasteiger partial charge in [-0.15, -0.1) is 0 Å². The second kappa shape index (κ2) is 7.79. The normalized spacial score (nSPS) is 10.8. The minimum atomic E-state index is -0.321. The minimum absolute atomic E-state index is 0.106. The molecule has 0 spiro atoms. The molecule has 0 aromatic heterocycles. The van der Waals surface area contributed by atoms with Crippen molar-refractivity contribution in [3.8, 4) is 5.75 Å². The van der Waals surface area contributed by atoms with Gasteiger partial charge in [0.15, 0.2) is 6.61 Å². The third-order valence-electron chi connectivity index (χ3n) is 3.30. The first-order chi connectivity index (χ1) is 11.0. The van der Waals surface area contributed by atoms with Crippen LogP contribution in [0.15, 0.2) is 41.5 Å². The summed E-state index contributed by atoms with van der Waals surface area (Å²) in [5.74, 6) is 0.261. The monoisotopic (exact) mass is 330 g/mol.